The molecular formula is C20H11Cl2IN2O2. The maximum Gasteiger partial charge on any atom is 0.255 e. The Morgan fingerprint density at radius 3 is 2.67 bits per heavy atom. The van der Waals surface area contributed by atoms with Crippen LogP contribution >= 0.6 is 45.8 Å². The lowest BCUT2D eigenvalue weighted by Crippen LogP contribution is -2.11. The lowest BCUT2D eigenvalue weighted by Gasteiger charge is -2.05. The predicted molar refractivity (Wildman–Crippen MR) is 117 cm³/mol. The minimum absolute atomic E-state index is 0.183. The van der Waals surface area contributed by atoms with Crippen LogP contribution in [0.5, 0.6) is 0 Å². The molecule has 0 unspecified atom stereocenters. The topological polar surface area (TPSA) is 55.1 Å². The third kappa shape index (κ3) is 3.95. The number of aromatic nitrogens is 1. The summed E-state index contributed by atoms with van der Waals surface area (Å²) in [6.45, 7) is 0. The molecule has 0 radical (unpaired) electrons. The van der Waals surface area contributed by atoms with Gasteiger partial charge in [-0.1, -0.05) is 29.3 Å². The Bertz CT molecular complexity index is 1170. The highest BCUT2D eigenvalue weighted by molar-refractivity contribution is 14.1. The number of fused-ring (bicyclic) bond motifs is 1. The number of halogens is 3. The van der Waals surface area contributed by atoms with Crippen molar-refractivity contribution in [3.63, 3.8) is 0 Å². The lowest BCUT2D eigenvalue weighted by atomic mass is 10.2. The van der Waals surface area contributed by atoms with Gasteiger partial charge in [0.2, 0.25) is 5.89 Å². The summed E-state index contributed by atoms with van der Waals surface area (Å²) < 4.78 is 6.78. The van der Waals surface area contributed by atoms with Crippen LogP contribution in [0.1, 0.15) is 10.4 Å². The van der Waals surface area contributed by atoms with Gasteiger partial charge < -0.3 is 9.73 Å². The number of carbonyl (C=O) groups is 1. The molecule has 1 amide bonds. The summed E-state index contributed by atoms with van der Waals surface area (Å²) in [5, 5.41) is 3.88. The molecule has 1 aromatic heterocycles. The SMILES string of the molecule is O=C(Nc1ccc2oc(-c3ccc(Cl)cc3Cl)nc2c1)c1cccc(I)c1. The second-order valence-corrected chi connectivity index (χ2v) is 7.88. The molecule has 7 heteroatoms. The summed E-state index contributed by atoms with van der Waals surface area (Å²) in [5.74, 6) is 0.213. The fraction of sp³-hybridized carbons (Fsp3) is 0. The number of rotatable bonds is 3. The molecule has 134 valence electrons. The van der Waals surface area contributed by atoms with Gasteiger partial charge in [0, 0.05) is 19.8 Å². The van der Waals surface area contributed by atoms with Crippen molar-refractivity contribution in [2.45, 2.75) is 0 Å². The molecule has 0 spiro atoms. The van der Waals surface area contributed by atoms with E-state index in [-0.39, 0.29) is 5.91 Å². The fourth-order valence-corrected chi connectivity index (χ4v) is 3.65. The summed E-state index contributed by atoms with van der Waals surface area (Å²) in [5.41, 5.74) is 3.10. The molecule has 27 heavy (non-hydrogen) atoms. The van der Waals surface area contributed by atoms with Crippen molar-refractivity contribution in [3.8, 4) is 11.5 Å². The molecule has 0 aliphatic heterocycles. The normalized spacial score (nSPS) is 10.9. The average molecular weight is 509 g/mol. The molecule has 4 nitrogen and oxygen atoms in total. The molecule has 1 heterocycles. The highest BCUT2D eigenvalue weighted by Gasteiger charge is 2.13. The van der Waals surface area contributed by atoms with Crippen LogP contribution < -0.4 is 5.32 Å². The van der Waals surface area contributed by atoms with Crippen molar-refractivity contribution in [1.29, 1.82) is 0 Å². The van der Waals surface area contributed by atoms with Gasteiger partial charge in [0.05, 0.1) is 10.6 Å². The van der Waals surface area contributed by atoms with Crippen LogP contribution in [0.25, 0.3) is 22.6 Å². The van der Waals surface area contributed by atoms with Gasteiger partial charge in [0.15, 0.2) is 5.58 Å². The van der Waals surface area contributed by atoms with Crippen molar-refractivity contribution in [1.82, 2.24) is 4.98 Å². The predicted octanol–water partition coefficient (Wildman–Crippen LogP) is 6.66. The second kappa shape index (κ2) is 7.50. The van der Waals surface area contributed by atoms with Crippen molar-refractivity contribution < 1.29 is 9.21 Å². The Morgan fingerprint density at radius 1 is 1.04 bits per heavy atom. The van der Waals surface area contributed by atoms with Crippen molar-refractivity contribution in [2.24, 2.45) is 0 Å². The number of hydrogen-bond acceptors (Lipinski definition) is 3. The Balaban J connectivity index is 1.64. The lowest BCUT2D eigenvalue weighted by molar-refractivity contribution is 0.102. The summed E-state index contributed by atoms with van der Waals surface area (Å²) >= 11 is 14.3. The molecule has 3 aromatic carbocycles. The average Bonchev–Trinajstić information content (AvgIpc) is 3.04. The number of anilines is 1. The van der Waals surface area contributed by atoms with Crippen LogP contribution in [-0.2, 0) is 0 Å². The fourth-order valence-electron chi connectivity index (χ4n) is 2.62. The summed E-state index contributed by atoms with van der Waals surface area (Å²) in [4.78, 5) is 16.9. The zero-order valence-electron chi connectivity index (χ0n) is 13.7. The van der Waals surface area contributed by atoms with Gasteiger partial charge in [0.1, 0.15) is 5.52 Å². The van der Waals surface area contributed by atoms with Gasteiger partial charge in [-0.15, -0.1) is 0 Å². The highest BCUT2D eigenvalue weighted by atomic mass is 127. The number of amides is 1. The van der Waals surface area contributed by atoms with Gasteiger partial charge in [-0.05, 0) is 77.2 Å². The third-order valence-corrected chi connectivity index (χ3v) is 5.11. The van der Waals surface area contributed by atoms with E-state index >= 15 is 0 Å². The van der Waals surface area contributed by atoms with E-state index in [1.165, 1.54) is 0 Å². The van der Waals surface area contributed by atoms with E-state index in [9.17, 15) is 4.79 Å². The van der Waals surface area contributed by atoms with Gasteiger partial charge in [-0.2, -0.15) is 0 Å². The molecular weight excluding hydrogens is 498 g/mol. The van der Waals surface area contributed by atoms with E-state index in [1.807, 2.05) is 18.2 Å². The zero-order chi connectivity index (χ0) is 19.0. The van der Waals surface area contributed by atoms with Crippen LogP contribution in [0, 0.1) is 3.57 Å². The number of nitrogens with zero attached hydrogens (tertiary/aromatic N) is 1. The number of carbonyl (C=O) groups excluding carboxylic acids is 1. The van der Waals surface area contributed by atoms with E-state index in [1.54, 1.807) is 42.5 Å². The standard InChI is InChI=1S/C20H11Cl2IN2O2/c21-12-4-6-15(16(22)9-12)20-25-17-10-14(5-7-18(17)27-20)24-19(26)11-2-1-3-13(23)8-11/h1-10H,(H,24,26). The minimum atomic E-state index is -0.183. The molecule has 0 saturated heterocycles. The van der Waals surface area contributed by atoms with Crippen LogP contribution in [-0.4, -0.2) is 10.9 Å². The first-order chi connectivity index (χ1) is 13.0. The number of benzene rings is 3. The molecule has 4 aromatic rings. The van der Waals surface area contributed by atoms with Crippen LogP contribution in [0.3, 0.4) is 0 Å². The maximum atomic E-state index is 12.4. The Kier molecular flexibility index (Phi) is 5.08. The van der Waals surface area contributed by atoms with Gasteiger partial charge in [-0.3, -0.25) is 4.79 Å². The van der Waals surface area contributed by atoms with Gasteiger partial charge >= 0.3 is 0 Å². The van der Waals surface area contributed by atoms with E-state index in [4.69, 9.17) is 27.6 Å². The number of oxazole rings is 1. The molecule has 0 aliphatic rings. The summed E-state index contributed by atoms with van der Waals surface area (Å²) in [7, 11) is 0. The van der Waals surface area contributed by atoms with E-state index in [0.29, 0.717) is 43.9 Å². The van der Waals surface area contributed by atoms with E-state index < -0.39 is 0 Å². The Morgan fingerprint density at radius 2 is 1.89 bits per heavy atom. The molecule has 0 bridgehead atoms. The van der Waals surface area contributed by atoms with Crippen molar-refractivity contribution in [3.05, 3.63) is 79.8 Å². The number of hydrogen-bond donors (Lipinski definition) is 1. The maximum absolute atomic E-state index is 12.4. The monoisotopic (exact) mass is 508 g/mol. The second-order valence-electron chi connectivity index (χ2n) is 5.79. The first kappa shape index (κ1) is 18.3. The van der Waals surface area contributed by atoms with E-state index in [0.717, 1.165) is 3.57 Å². The van der Waals surface area contributed by atoms with Crippen molar-refractivity contribution >= 4 is 68.5 Å². The molecule has 0 saturated carbocycles. The third-order valence-electron chi connectivity index (χ3n) is 3.89. The Hall–Kier alpha value is -2.09. The summed E-state index contributed by atoms with van der Waals surface area (Å²) in [6.07, 6.45) is 0. The van der Waals surface area contributed by atoms with Gasteiger partial charge in [0.25, 0.3) is 5.91 Å². The van der Waals surface area contributed by atoms with Crippen molar-refractivity contribution in [2.75, 3.05) is 5.32 Å². The van der Waals surface area contributed by atoms with Crippen LogP contribution in [0.2, 0.25) is 10.0 Å². The first-order valence-corrected chi connectivity index (χ1v) is 9.76. The van der Waals surface area contributed by atoms with Crippen LogP contribution in [0.15, 0.2) is 65.1 Å². The molecule has 4 rings (SSSR count). The largest absolute Gasteiger partial charge is 0.436 e. The van der Waals surface area contributed by atoms with E-state index in [2.05, 4.69) is 32.9 Å². The molecule has 1 N–H and O–H groups in total. The quantitative estimate of drug-likeness (QED) is 0.315. The summed E-state index contributed by atoms with van der Waals surface area (Å²) in [6, 6.07) is 17.8. The first-order valence-electron chi connectivity index (χ1n) is 7.92. The minimum Gasteiger partial charge on any atom is -0.436 e. The zero-order valence-corrected chi connectivity index (χ0v) is 17.3. The van der Waals surface area contributed by atoms with Gasteiger partial charge in [-0.25, -0.2) is 4.98 Å². The highest BCUT2D eigenvalue weighted by Crippen LogP contribution is 2.32. The smallest absolute Gasteiger partial charge is 0.255 e. The molecule has 0 atom stereocenters. The van der Waals surface area contributed by atoms with Crippen LogP contribution in [0.4, 0.5) is 5.69 Å². The molecule has 0 aliphatic carbocycles. The molecule has 0 fully saturated rings. The number of nitrogens with one attached hydrogen (secondary N) is 1. The Labute approximate surface area is 178 Å².